The van der Waals surface area contributed by atoms with Gasteiger partial charge in [-0.3, -0.25) is 4.99 Å². The lowest BCUT2D eigenvalue weighted by atomic mass is 9.95. The van der Waals surface area contributed by atoms with Gasteiger partial charge in [-0.15, -0.1) is 0 Å². The SMILES string of the molecule is Cc1cccc(C(N)=NC(=NCc2ccc(-c3cccc(-c4ccccc4)c3)c(C)c2)c2cccc(C)n2)n1. The number of benzene rings is 3. The summed E-state index contributed by atoms with van der Waals surface area (Å²) in [6.07, 6.45) is 0. The van der Waals surface area contributed by atoms with Gasteiger partial charge in [-0.05, 0) is 84.5 Å². The molecule has 0 aliphatic carbocycles. The van der Waals surface area contributed by atoms with Crippen molar-refractivity contribution in [2.45, 2.75) is 27.3 Å². The van der Waals surface area contributed by atoms with Crippen molar-refractivity contribution in [3.8, 4) is 22.3 Å². The van der Waals surface area contributed by atoms with E-state index >= 15 is 0 Å². The summed E-state index contributed by atoms with van der Waals surface area (Å²) in [5, 5.41) is 0. The Kier molecular flexibility index (Phi) is 7.69. The maximum Gasteiger partial charge on any atom is 0.176 e. The van der Waals surface area contributed by atoms with Gasteiger partial charge in [0.2, 0.25) is 0 Å². The van der Waals surface area contributed by atoms with Crippen molar-refractivity contribution in [3.05, 3.63) is 143 Å². The minimum absolute atomic E-state index is 0.311. The summed E-state index contributed by atoms with van der Waals surface area (Å²) in [6, 6.07) is 37.1. The molecule has 0 aliphatic rings. The fraction of sp³-hybridized carbons (Fsp3) is 0.118. The first-order valence-corrected chi connectivity index (χ1v) is 13.0. The Morgan fingerprint density at radius 1 is 0.641 bits per heavy atom. The average molecular weight is 510 g/mol. The largest absolute Gasteiger partial charge is 0.382 e. The maximum atomic E-state index is 6.35. The van der Waals surface area contributed by atoms with E-state index in [1.807, 2.05) is 56.3 Å². The van der Waals surface area contributed by atoms with E-state index in [-0.39, 0.29) is 0 Å². The first-order chi connectivity index (χ1) is 19.0. The van der Waals surface area contributed by atoms with E-state index < -0.39 is 0 Å². The van der Waals surface area contributed by atoms with Crippen molar-refractivity contribution >= 4 is 11.7 Å². The zero-order valence-electron chi connectivity index (χ0n) is 22.5. The van der Waals surface area contributed by atoms with Crippen LogP contribution >= 0.6 is 0 Å². The second-order valence-electron chi connectivity index (χ2n) is 9.56. The van der Waals surface area contributed by atoms with Gasteiger partial charge in [0.05, 0.1) is 6.54 Å². The predicted molar refractivity (Wildman–Crippen MR) is 161 cm³/mol. The molecule has 0 atom stereocenters. The second kappa shape index (κ2) is 11.7. The molecule has 0 fully saturated rings. The number of aliphatic imine (C=N–C) groups is 2. The van der Waals surface area contributed by atoms with Crippen LogP contribution in [-0.2, 0) is 6.54 Å². The summed E-state index contributed by atoms with van der Waals surface area (Å²) in [5.41, 5.74) is 16.5. The van der Waals surface area contributed by atoms with Crippen molar-refractivity contribution in [2.75, 3.05) is 0 Å². The first-order valence-electron chi connectivity index (χ1n) is 13.0. The first kappa shape index (κ1) is 25.7. The molecular formula is C34H31N5. The normalized spacial score (nSPS) is 12.0. The van der Waals surface area contributed by atoms with E-state index in [2.05, 4.69) is 88.6 Å². The Morgan fingerprint density at radius 2 is 1.28 bits per heavy atom. The van der Waals surface area contributed by atoms with Crippen LogP contribution in [0.25, 0.3) is 22.3 Å². The quantitative estimate of drug-likeness (QED) is 0.196. The summed E-state index contributed by atoms with van der Waals surface area (Å²) in [4.78, 5) is 18.7. The van der Waals surface area contributed by atoms with Crippen LogP contribution in [0.4, 0.5) is 0 Å². The van der Waals surface area contributed by atoms with Crippen molar-refractivity contribution < 1.29 is 0 Å². The number of hydrogen-bond donors (Lipinski definition) is 1. The molecule has 2 heterocycles. The highest BCUT2D eigenvalue weighted by Crippen LogP contribution is 2.29. The van der Waals surface area contributed by atoms with Crippen LogP contribution < -0.4 is 5.73 Å². The van der Waals surface area contributed by atoms with Gasteiger partial charge in [0.1, 0.15) is 11.4 Å². The van der Waals surface area contributed by atoms with Crippen LogP contribution in [0.5, 0.6) is 0 Å². The van der Waals surface area contributed by atoms with E-state index in [1.54, 1.807) is 0 Å². The molecule has 5 rings (SSSR count). The van der Waals surface area contributed by atoms with E-state index in [0.29, 0.717) is 29.6 Å². The summed E-state index contributed by atoms with van der Waals surface area (Å²) >= 11 is 0. The van der Waals surface area contributed by atoms with Crippen molar-refractivity contribution in [2.24, 2.45) is 15.7 Å². The Balaban J connectivity index is 1.44. The lowest BCUT2D eigenvalue weighted by Crippen LogP contribution is -2.18. The fourth-order valence-corrected chi connectivity index (χ4v) is 4.51. The maximum absolute atomic E-state index is 6.35. The molecule has 0 saturated carbocycles. The molecule has 192 valence electrons. The Morgan fingerprint density at radius 3 is 2.00 bits per heavy atom. The zero-order valence-corrected chi connectivity index (χ0v) is 22.5. The molecular weight excluding hydrogens is 478 g/mol. The molecule has 5 heteroatoms. The second-order valence-corrected chi connectivity index (χ2v) is 9.56. The van der Waals surface area contributed by atoms with Crippen LogP contribution in [0, 0.1) is 20.8 Å². The minimum Gasteiger partial charge on any atom is -0.382 e. The Bertz CT molecular complexity index is 1670. The fourth-order valence-electron chi connectivity index (χ4n) is 4.51. The van der Waals surface area contributed by atoms with Crippen LogP contribution in [0.1, 0.15) is 33.9 Å². The number of nitrogens with zero attached hydrogens (tertiary/aromatic N) is 4. The van der Waals surface area contributed by atoms with E-state index in [4.69, 9.17) is 10.7 Å². The zero-order chi connectivity index (χ0) is 27.2. The topological polar surface area (TPSA) is 76.5 Å². The van der Waals surface area contributed by atoms with Crippen molar-refractivity contribution in [3.63, 3.8) is 0 Å². The van der Waals surface area contributed by atoms with Crippen LogP contribution in [0.15, 0.2) is 119 Å². The van der Waals surface area contributed by atoms with E-state index in [9.17, 15) is 0 Å². The van der Waals surface area contributed by atoms with E-state index in [1.165, 1.54) is 27.8 Å². The average Bonchev–Trinajstić information content (AvgIpc) is 2.96. The van der Waals surface area contributed by atoms with Gasteiger partial charge in [0.25, 0.3) is 0 Å². The van der Waals surface area contributed by atoms with Crippen LogP contribution in [0.2, 0.25) is 0 Å². The number of pyridine rings is 2. The number of amidine groups is 2. The van der Waals surface area contributed by atoms with Gasteiger partial charge in [-0.2, -0.15) is 0 Å². The molecule has 0 amide bonds. The van der Waals surface area contributed by atoms with E-state index in [0.717, 1.165) is 17.0 Å². The lowest BCUT2D eigenvalue weighted by Gasteiger charge is -2.11. The highest BCUT2D eigenvalue weighted by Gasteiger charge is 2.10. The number of aromatic nitrogens is 2. The number of nitrogens with two attached hydrogens (primary N) is 1. The standard InChI is InChI=1S/C34H31N5/c1-23-20-26(18-19-30(23)29-15-9-14-28(21-29)27-12-5-4-6-13-27)22-36-34(32-17-8-11-25(3)38-32)39-33(35)31-16-7-10-24(2)37-31/h4-21H,22H2,1-3H3,(H2,35,36,39). The van der Waals surface area contributed by atoms with Gasteiger partial charge in [-0.1, -0.05) is 78.9 Å². The smallest absolute Gasteiger partial charge is 0.176 e. The number of hydrogen-bond acceptors (Lipinski definition) is 3. The van der Waals surface area contributed by atoms with Crippen LogP contribution in [0.3, 0.4) is 0 Å². The third kappa shape index (κ3) is 6.33. The third-order valence-corrected chi connectivity index (χ3v) is 6.48. The summed E-state index contributed by atoms with van der Waals surface area (Å²) < 4.78 is 0. The highest BCUT2D eigenvalue weighted by atomic mass is 15.0. The molecule has 39 heavy (non-hydrogen) atoms. The predicted octanol–water partition coefficient (Wildman–Crippen LogP) is 7.09. The molecule has 0 bridgehead atoms. The molecule has 0 spiro atoms. The van der Waals surface area contributed by atoms with Crippen LogP contribution in [-0.4, -0.2) is 21.6 Å². The molecule has 0 aliphatic heterocycles. The molecule has 0 radical (unpaired) electrons. The number of rotatable bonds is 6. The van der Waals surface area contributed by atoms with Gasteiger partial charge < -0.3 is 5.73 Å². The van der Waals surface area contributed by atoms with Crippen molar-refractivity contribution in [1.82, 2.24) is 9.97 Å². The summed E-state index contributed by atoms with van der Waals surface area (Å²) in [5.74, 6) is 0.794. The molecule has 3 aromatic carbocycles. The summed E-state index contributed by atoms with van der Waals surface area (Å²) in [6.45, 7) is 6.47. The Hall–Kier alpha value is -4.90. The highest BCUT2D eigenvalue weighted by molar-refractivity contribution is 6.09. The molecule has 2 N–H and O–H groups in total. The van der Waals surface area contributed by atoms with Crippen molar-refractivity contribution in [1.29, 1.82) is 0 Å². The molecule has 0 saturated heterocycles. The van der Waals surface area contributed by atoms with Gasteiger partial charge >= 0.3 is 0 Å². The molecule has 5 nitrogen and oxygen atoms in total. The Labute approximate surface area is 229 Å². The minimum atomic E-state index is 0.311. The van der Waals surface area contributed by atoms with Gasteiger partial charge in [0.15, 0.2) is 11.7 Å². The summed E-state index contributed by atoms with van der Waals surface area (Å²) in [7, 11) is 0. The van der Waals surface area contributed by atoms with Gasteiger partial charge in [0, 0.05) is 11.4 Å². The lowest BCUT2D eigenvalue weighted by molar-refractivity contribution is 1.05. The molecule has 0 unspecified atom stereocenters. The molecule has 5 aromatic rings. The third-order valence-electron chi connectivity index (χ3n) is 6.48. The molecule has 2 aromatic heterocycles. The monoisotopic (exact) mass is 509 g/mol. The van der Waals surface area contributed by atoms with Gasteiger partial charge in [-0.25, -0.2) is 15.0 Å². The number of aryl methyl sites for hydroxylation is 3.